The fourth-order valence-electron chi connectivity index (χ4n) is 3.25. The Morgan fingerprint density at radius 2 is 1.14 bits per heavy atom. The molecular weight excluding hydrogens is 444 g/mol. The minimum Gasteiger partial charge on any atom is -0.494 e. The van der Waals surface area contributed by atoms with Crippen LogP contribution in [-0.2, 0) is 13.2 Å². The molecule has 0 saturated carbocycles. The van der Waals surface area contributed by atoms with Crippen molar-refractivity contribution in [2.45, 2.75) is 52.7 Å². The van der Waals surface area contributed by atoms with Crippen LogP contribution in [0.4, 0.5) is 0 Å². The van der Waals surface area contributed by atoms with Gasteiger partial charge in [-0.2, -0.15) is 0 Å². The summed E-state index contributed by atoms with van der Waals surface area (Å²) in [5, 5.41) is 9.66. The van der Waals surface area contributed by atoms with Crippen LogP contribution in [-0.4, -0.2) is 24.3 Å². The van der Waals surface area contributed by atoms with Crippen molar-refractivity contribution in [2.75, 3.05) is 13.2 Å². The van der Waals surface area contributed by atoms with E-state index in [-0.39, 0.29) is 12.2 Å². The third-order valence-corrected chi connectivity index (χ3v) is 5.36. The lowest BCUT2D eigenvalue weighted by molar-refractivity contribution is 0.0691. The number of unbranched alkanes of at least 4 members (excludes halogenated alkanes) is 2. The minimum atomic E-state index is -1.07. The summed E-state index contributed by atoms with van der Waals surface area (Å²) in [6, 6.07) is 20.2. The molecule has 0 fully saturated rings. The first-order valence-corrected chi connectivity index (χ1v) is 12.2. The Morgan fingerprint density at radius 3 is 1.63 bits per heavy atom. The van der Waals surface area contributed by atoms with E-state index < -0.39 is 5.97 Å². The summed E-state index contributed by atoms with van der Waals surface area (Å²) in [6.07, 6.45) is 4.22. The summed E-state index contributed by atoms with van der Waals surface area (Å²) in [5.74, 6) is 1.33. The smallest absolute Gasteiger partial charge is 0.339 e. The van der Waals surface area contributed by atoms with Gasteiger partial charge in [0, 0.05) is 0 Å². The highest BCUT2D eigenvalue weighted by molar-refractivity contribution is 5.91. The van der Waals surface area contributed by atoms with Crippen molar-refractivity contribution in [3.05, 3.63) is 83.4 Å². The number of rotatable bonds is 15. The molecule has 35 heavy (non-hydrogen) atoms. The van der Waals surface area contributed by atoms with Gasteiger partial charge in [0.25, 0.3) is 0 Å². The quantitative estimate of drug-likeness (QED) is 0.240. The second-order valence-corrected chi connectivity index (χ2v) is 8.23. The van der Waals surface area contributed by atoms with E-state index >= 15 is 0 Å². The van der Waals surface area contributed by atoms with Crippen molar-refractivity contribution in [3.63, 3.8) is 0 Å². The highest BCUT2D eigenvalue weighted by Gasteiger charge is 2.14. The van der Waals surface area contributed by atoms with Crippen LogP contribution in [0, 0.1) is 0 Å². The molecule has 0 atom stereocenters. The van der Waals surface area contributed by atoms with Gasteiger partial charge in [-0.3, -0.25) is 0 Å². The second kappa shape index (κ2) is 13.9. The van der Waals surface area contributed by atoms with Crippen molar-refractivity contribution >= 4 is 5.97 Å². The molecule has 0 amide bonds. The van der Waals surface area contributed by atoms with Crippen molar-refractivity contribution in [3.8, 4) is 23.0 Å². The van der Waals surface area contributed by atoms with Crippen molar-refractivity contribution < 1.29 is 28.8 Å². The number of ether oxygens (including phenoxy) is 4. The topological polar surface area (TPSA) is 74.2 Å². The molecule has 0 aliphatic heterocycles. The molecule has 186 valence electrons. The molecule has 0 heterocycles. The van der Waals surface area contributed by atoms with Gasteiger partial charge in [0.15, 0.2) is 0 Å². The highest BCUT2D eigenvalue weighted by atomic mass is 16.5. The van der Waals surface area contributed by atoms with Gasteiger partial charge in [-0.1, -0.05) is 51.0 Å². The summed E-state index contributed by atoms with van der Waals surface area (Å²) < 4.78 is 23.0. The van der Waals surface area contributed by atoms with Crippen molar-refractivity contribution in [2.24, 2.45) is 0 Å². The largest absolute Gasteiger partial charge is 0.494 e. The molecule has 1 N–H and O–H groups in total. The van der Waals surface area contributed by atoms with Crippen LogP contribution < -0.4 is 18.9 Å². The lowest BCUT2D eigenvalue weighted by Crippen LogP contribution is -2.05. The molecule has 3 aromatic rings. The summed E-state index contributed by atoms with van der Waals surface area (Å²) in [6.45, 7) is 6.22. The number of hydrogen-bond donors (Lipinski definition) is 1. The summed E-state index contributed by atoms with van der Waals surface area (Å²) >= 11 is 0. The van der Waals surface area contributed by atoms with Gasteiger partial charge in [0.1, 0.15) is 41.8 Å². The van der Waals surface area contributed by atoms with E-state index in [1.807, 2.05) is 48.5 Å². The molecule has 6 nitrogen and oxygen atoms in total. The summed E-state index contributed by atoms with van der Waals surface area (Å²) in [5.41, 5.74) is 1.94. The van der Waals surface area contributed by atoms with E-state index in [0.29, 0.717) is 31.3 Å². The second-order valence-electron chi connectivity index (χ2n) is 8.23. The predicted molar refractivity (Wildman–Crippen MR) is 136 cm³/mol. The molecule has 3 rings (SSSR count). The molecule has 6 heteroatoms. The fraction of sp³-hybridized carbons (Fsp3) is 0.345. The zero-order valence-corrected chi connectivity index (χ0v) is 20.5. The first kappa shape index (κ1) is 25.9. The zero-order valence-electron chi connectivity index (χ0n) is 20.5. The molecule has 0 spiro atoms. The van der Waals surface area contributed by atoms with Crippen molar-refractivity contribution in [1.29, 1.82) is 0 Å². The lowest BCUT2D eigenvalue weighted by Gasteiger charge is -2.13. The van der Waals surface area contributed by atoms with Crippen LogP contribution in [0.1, 0.15) is 61.0 Å². The van der Waals surface area contributed by atoms with E-state index in [4.69, 9.17) is 18.9 Å². The van der Waals surface area contributed by atoms with Crippen LogP contribution in [0.5, 0.6) is 23.0 Å². The van der Waals surface area contributed by atoms with E-state index in [1.54, 1.807) is 12.1 Å². The van der Waals surface area contributed by atoms with Crippen LogP contribution in [0.25, 0.3) is 0 Å². The van der Waals surface area contributed by atoms with E-state index in [1.165, 1.54) is 6.07 Å². The zero-order chi connectivity index (χ0) is 24.9. The Morgan fingerprint density at radius 1 is 0.657 bits per heavy atom. The van der Waals surface area contributed by atoms with Gasteiger partial charge < -0.3 is 24.1 Å². The Kier molecular flexibility index (Phi) is 10.3. The molecule has 0 aromatic heterocycles. The highest BCUT2D eigenvalue weighted by Crippen LogP contribution is 2.26. The Hall–Kier alpha value is -3.67. The Balaban J connectivity index is 1.55. The number of benzene rings is 3. The van der Waals surface area contributed by atoms with E-state index in [0.717, 1.165) is 48.3 Å². The molecule has 0 unspecified atom stereocenters. The monoisotopic (exact) mass is 478 g/mol. The van der Waals surface area contributed by atoms with Gasteiger partial charge >= 0.3 is 5.97 Å². The number of hydrogen-bond acceptors (Lipinski definition) is 5. The number of aromatic carboxylic acids is 1. The van der Waals surface area contributed by atoms with Gasteiger partial charge in [-0.15, -0.1) is 0 Å². The molecule has 0 aliphatic carbocycles. The molecule has 0 radical (unpaired) electrons. The van der Waals surface area contributed by atoms with Crippen LogP contribution >= 0.6 is 0 Å². The SMILES string of the molecule is CCCCOc1ccc(COc2ccc(OCc3ccc(OCCCC)cc3)c(C(=O)O)c2)cc1. The summed E-state index contributed by atoms with van der Waals surface area (Å²) in [4.78, 5) is 11.8. The standard InChI is InChI=1S/C29H34O6/c1-3-5-17-32-24-11-7-22(8-12-24)20-34-26-15-16-28(27(19-26)29(30)31)35-21-23-9-13-25(14-10-23)33-18-6-4-2/h7-16,19H,3-6,17-18,20-21H2,1-2H3,(H,30,31). The normalized spacial score (nSPS) is 10.6. The lowest BCUT2D eigenvalue weighted by atomic mass is 10.2. The maximum absolute atomic E-state index is 11.8. The molecule has 3 aromatic carbocycles. The van der Waals surface area contributed by atoms with E-state index in [9.17, 15) is 9.90 Å². The molecule has 0 saturated heterocycles. The fourth-order valence-corrected chi connectivity index (χ4v) is 3.25. The number of carboxylic acid groups (broad SMARTS) is 1. The van der Waals surface area contributed by atoms with Crippen LogP contribution in [0.15, 0.2) is 66.7 Å². The molecular formula is C29H34O6. The van der Waals surface area contributed by atoms with E-state index in [2.05, 4.69) is 13.8 Å². The van der Waals surface area contributed by atoms with Gasteiger partial charge in [0.2, 0.25) is 0 Å². The third kappa shape index (κ3) is 8.56. The van der Waals surface area contributed by atoms with Crippen LogP contribution in [0.2, 0.25) is 0 Å². The van der Waals surface area contributed by atoms with Gasteiger partial charge in [-0.05, 0) is 66.4 Å². The predicted octanol–water partition coefficient (Wildman–Crippen LogP) is 6.90. The van der Waals surface area contributed by atoms with Gasteiger partial charge in [0.05, 0.1) is 13.2 Å². The Labute approximate surface area is 207 Å². The van der Waals surface area contributed by atoms with Gasteiger partial charge in [-0.25, -0.2) is 4.79 Å². The first-order valence-electron chi connectivity index (χ1n) is 12.2. The average molecular weight is 479 g/mol. The maximum atomic E-state index is 11.8. The number of carboxylic acids is 1. The average Bonchev–Trinajstić information content (AvgIpc) is 2.88. The number of carbonyl (C=O) groups is 1. The Bertz CT molecular complexity index is 1040. The minimum absolute atomic E-state index is 0.0571. The van der Waals surface area contributed by atoms with Crippen molar-refractivity contribution in [1.82, 2.24) is 0 Å². The third-order valence-electron chi connectivity index (χ3n) is 5.36. The maximum Gasteiger partial charge on any atom is 0.339 e. The first-order chi connectivity index (χ1) is 17.1. The van der Waals surface area contributed by atoms with Crippen LogP contribution in [0.3, 0.4) is 0 Å². The summed E-state index contributed by atoms with van der Waals surface area (Å²) in [7, 11) is 0. The molecule has 0 aliphatic rings. The molecule has 0 bridgehead atoms.